The predicted molar refractivity (Wildman–Crippen MR) is 145 cm³/mol. The molecule has 2 saturated heterocycles. The number of likely N-dealkylation sites (N-methyl/N-ethyl adjacent to an activating group) is 1. The van der Waals surface area contributed by atoms with E-state index in [4.69, 9.17) is 9.97 Å². The third-order valence-corrected chi connectivity index (χ3v) is 7.76. The normalized spacial score (nSPS) is 17.4. The molecule has 0 unspecified atom stereocenters. The number of anilines is 1. The highest BCUT2D eigenvalue weighted by Gasteiger charge is 2.24. The lowest BCUT2D eigenvalue weighted by atomic mass is 9.92. The summed E-state index contributed by atoms with van der Waals surface area (Å²) < 4.78 is 0. The summed E-state index contributed by atoms with van der Waals surface area (Å²) in [6.45, 7) is 14.4. The number of piperazine rings is 2. The quantitative estimate of drug-likeness (QED) is 0.452. The molecule has 0 saturated carbocycles. The summed E-state index contributed by atoms with van der Waals surface area (Å²) in [6, 6.07) is 10.0. The molecule has 36 heavy (non-hydrogen) atoms. The van der Waals surface area contributed by atoms with Crippen LogP contribution in [0.1, 0.15) is 49.3 Å². The maximum absolute atomic E-state index is 13.0. The molecule has 0 aliphatic carbocycles. The highest BCUT2D eigenvalue weighted by molar-refractivity contribution is 7.98. The molecule has 0 N–H and O–H groups in total. The lowest BCUT2D eigenvalue weighted by Crippen LogP contribution is -2.48. The van der Waals surface area contributed by atoms with Crippen LogP contribution in [-0.4, -0.2) is 95.9 Å². The van der Waals surface area contributed by atoms with Gasteiger partial charge < -0.3 is 19.6 Å². The number of carbonyl (C=O) groups excluding carboxylic acids is 2. The number of thioether (sulfide) groups is 1. The van der Waals surface area contributed by atoms with Gasteiger partial charge in [0.25, 0.3) is 5.91 Å². The van der Waals surface area contributed by atoms with Crippen LogP contribution in [0.2, 0.25) is 0 Å². The summed E-state index contributed by atoms with van der Waals surface area (Å²) in [5.41, 5.74) is 2.72. The van der Waals surface area contributed by atoms with Gasteiger partial charge in [0.15, 0.2) is 5.16 Å². The Hall–Kier alpha value is -2.65. The highest BCUT2D eigenvalue weighted by Crippen LogP contribution is 2.29. The van der Waals surface area contributed by atoms with Gasteiger partial charge in [-0.15, -0.1) is 0 Å². The zero-order valence-electron chi connectivity index (χ0n) is 22.2. The van der Waals surface area contributed by atoms with Gasteiger partial charge in [0.2, 0.25) is 5.91 Å². The molecule has 8 nitrogen and oxygen atoms in total. The van der Waals surface area contributed by atoms with Crippen LogP contribution in [0.3, 0.4) is 0 Å². The fraction of sp³-hybridized carbons (Fsp3) is 0.556. The number of aromatic nitrogens is 2. The van der Waals surface area contributed by atoms with Gasteiger partial charge in [0.05, 0.1) is 5.69 Å². The zero-order chi connectivity index (χ0) is 25.9. The molecule has 1 aromatic carbocycles. The van der Waals surface area contributed by atoms with Crippen molar-refractivity contribution in [1.29, 1.82) is 0 Å². The first kappa shape index (κ1) is 26.4. The lowest BCUT2D eigenvalue weighted by molar-refractivity contribution is -0.129. The van der Waals surface area contributed by atoms with Gasteiger partial charge in [-0.3, -0.25) is 9.59 Å². The van der Waals surface area contributed by atoms with Crippen LogP contribution in [0.25, 0.3) is 0 Å². The van der Waals surface area contributed by atoms with Crippen molar-refractivity contribution in [2.75, 3.05) is 64.3 Å². The summed E-state index contributed by atoms with van der Waals surface area (Å²) in [6.07, 6.45) is 0. The first-order chi connectivity index (χ1) is 17.1. The minimum Gasteiger partial charge on any atom is -0.353 e. The number of amides is 2. The van der Waals surface area contributed by atoms with E-state index < -0.39 is 0 Å². The molecule has 2 amide bonds. The fourth-order valence-electron chi connectivity index (χ4n) is 4.41. The minimum atomic E-state index is -0.108. The smallest absolute Gasteiger partial charge is 0.253 e. The number of benzene rings is 1. The number of nitrogens with zero attached hydrogens (tertiary/aromatic N) is 6. The molecule has 0 atom stereocenters. The van der Waals surface area contributed by atoms with Crippen LogP contribution < -0.4 is 4.90 Å². The van der Waals surface area contributed by atoms with Crippen molar-refractivity contribution in [1.82, 2.24) is 24.7 Å². The second kappa shape index (κ2) is 11.2. The summed E-state index contributed by atoms with van der Waals surface area (Å²) in [4.78, 5) is 42.8. The van der Waals surface area contributed by atoms with Crippen molar-refractivity contribution < 1.29 is 9.59 Å². The topological polar surface area (TPSA) is 72.9 Å². The molecule has 0 spiro atoms. The Bertz CT molecular complexity index is 1090. The monoisotopic (exact) mass is 510 g/mol. The van der Waals surface area contributed by atoms with Crippen LogP contribution in [0.5, 0.6) is 0 Å². The third-order valence-electron chi connectivity index (χ3n) is 6.84. The van der Waals surface area contributed by atoms with Gasteiger partial charge >= 0.3 is 0 Å². The number of carbonyl (C=O) groups is 2. The molecule has 2 aliphatic rings. The van der Waals surface area contributed by atoms with Crippen molar-refractivity contribution in [3.8, 4) is 0 Å². The lowest BCUT2D eigenvalue weighted by Gasteiger charge is -2.35. The molecule has 4 rings (SSSR count). The van der Waals surface area contributed by atoms with Crippen LogP contribution in [0, 0.1) is 0 Å². The molecule has 2 aliphatic heterocycles. The van der Waals surface area contributed by atoms with Crippen molar-refractivity contribution in [2.24, 2.45) is 0 Å². The average Bonchev–Trinajstić information content (AvgIpc) is 2.87. The summed E-state index contributed by atoms with van der Waals surface area (Å²) in [7, 11) is 2.09. The van der Waals surface area contributed by atoms with E-state index in [-0.39, 0.29) is 17.2 Å². The van der Waals surface area contributed by atoms with Gasteiger partial charge in [-0.1, -0.05) is 44.7 Å². The van der Waals surface area contributed by atoms with E-state index in [0.29, 0.717) is 18.8 Å². The molecule has 3 heterocycles. The van der Waals surface area contributed by atoms with Gasteiger partial charge in [-0.2, -0.15) is 0 Å². The molecule has 2 fully saturated rings. The maximum Gasteiger partial charge on any atom is 0.253 e. The third kappa shape index (κ3) is 6.56. The van der Waals surface area contributed by atoms with E-state index in [1.54, 1.807) is 18.7 Å². The maximum atomic E-state index is 13.0. The van der Waals surface area contributed by atoms with E-state index in [0.717, 1.165) is 67.1 Å². The molecule has 9 heteroatoms. The SMILES string of the molecule is CC(=O)N1CCN(c2cc(C(C)(C)C)nc(SCc3cccc(C(=O)N4CCN(C)CC4)c3)n2)CC1. The molecular weight excluding hydrogens is 472 g/mol. The van der Waals surface area contributed by atoms with Crippen LogP contribution in [0.15, 0.2) is 35.5 Å². The van der Waals surface area contributed by atoms with E-state index in [1.165, 1.54) is 0 Å². The van der Waals surface area contributed by atoms with Gasteiger partial charge in [0, 0.05) is 82.1 Å². The highest BCUT2D eigenvalue weighted by atomic mass is 32.2. The Morgan fingerprint density at radius 2 is 1.58 bits per heavy atom. The number of hydrogen-bond acceptors (Lipinski definition) is 7. The van der Waals surface area contributed by atoms with Crippen LogP contribution in [0.4, 0.5) is 5.82 Å². The number of rotatable bonds is 5. The van der Waals surface area contributed by atoms with Gasteiger partial charge in [0.1, 0.15) is 5.82 Å². The second-order valence-electron chi connectivity index (χ2n) is 10.7. The molecule has 0 bridgehead atoms. The first-order valence-electron chi connectivity index (χ1n) is 12.7. The Labute approximate surface area is 219 Å². The van der Waals surface area contributed by atoms with E-state index in [9.17, 15) is 9.59 Å². The molecule has 194 valence electrons. The van der Waals surface area contributed by atoms with Gasteiger partial charge in [-0.05, 0) is 24.7 Å². The van der Waals surface area contributed by atoms with E-state index in [2.05, 4.69) is 49.8 Å². The summed E-state index contributed by atoms with van der Waals surface area (Å²) in [5, 5.41) is 0.738. The Morgan fingerprint density at radius 3 is 2.22 bits per heavy atom. The fourth-order valence-corrected chi connectivity index (χ4v) is 5.20. The van der Waals surface area contributed by atoms with Gasteiger partial charge in [-0.25, -0.2) is 9.97 Å². The minimum absolute atomic E-state index is 0.105. The van der Waals surface area contributed by atoms with Crippen molar-refractivity contribution in [3.05, 3.63) is 47.2 Å². The zero-order valence-corrected chi connectivity index (χ0v) is 23.0. The Balaban J connectivity index is 1.47. The van der Waals surface area contributed by atoms with Crippen LogP contribution >= 0.6 is 11.8 Å². The summed E-state index contributed by atoms with van der Waals surface area (Å²) >= 11 is 1.60. The number of hydrogen-bond donors (Lipinski definition) is 0. The second-order valence-corrected chi connectivity index (χ2v) is 11.7. The molecule has 1 aromatic heterocycles. The summed E-state index contributed by atoms with van der Waals surface area (Å²) in [5.74, 6) is 1.83. The first-order valence-corrected chi connectivity index (χ1v) is 13.7. The Morgan fingerprint density at radius 1 is 0.917 bits per heavy atom. The molecule has 0 radical (unpaired) electrons. The standard InChI is InChI=1S/C27H38N6O2S/c1-20(34)31-13-15-32(16-14-31)24-18-23(27(2,3)4)28-26(29-24)36-19-21-7-6-8-22(17-21)25(35)33-11-9-30(5)10-12-33/h6-8,17-18H,9-16,19H2,1-5H3. The van der Waals surface area contributed by atoms with E-state index in [1.807, 2.05) is 28.0 Å². The van der Waals surface area contributed by atoms with Crippen molar-refractivity contribution >= 4 is 29.4 Å². The average molecular weight is 511 g/mol. The van der Waals surface area contributed by atoms with E-state index >= 15 is 0 Å². The van der Waals surface area contributed by atoms with Crippen molar-refractivity contribution in [3.63, 3.8) is 0 Å². The molecule has 2 aromatic rings. The molecular formula is C27H38N6O2S. The Kier molecular flexibility index (Phi) is 8.20. The predicted octanol–water partition coefficient (Wildman–Crippen LogP) is 3.12. The largest absolute Gasteiger partial charge is 0.353 e. The van der Waals surface area contributed by atoms with Crippen LogP contribution in [-0.2, 0) is 16.0 Å². The van der Waals surface area contributed by atoms with Crippen molar-refractivity contribution in [2.45, 2.75) is 44.0 Å².